The van der Waals surface area contributed by atoms with Crippen molar-refractivity contribution in [3.8, 4) is 66.8 Å². The van der Waals surface area contributed by atoms with Gasteiger partial charge in [-0.3, -0.25) is 0 Å². The van der Waals surface area contributed by atoms with Crippen molar-refractivity contribution < 1.29 is 0 Å². The molecule has 0 spiro atoms. The molecule has 0 amide bonds. The summed E-state index contributed by atoms with van der Waals surface area (Å²) in [6.45, 7) is 4.67. The molecule has 0 fully saturated rings. The first kappa shape index (κ1) is 43.3. The highest BCUT2D eigenvalue weighted by molar-refractivity contribution is 5.87. The molecular weight excluding hydrogens is 857 g/mol. The Morgan fingerprint density at radius 1 is 0.211 bits per heavy atom. The van der Waals surface area contributed by atoms with E-state index in [0.29, 0.717) is 0 Å². The fourth-order valence-electron chi connectivity index (χ4n) is 10.5. The fraction of sp³-hybridized carbons (Fsp3) is 0.0435. The summed E-state index contributed by atoms with van der Waals surface area (Å²) < 4.78 is 0. The van der Waals surface area contributed by atoms with Crippen molar-refractivity contribution in [3.63, 3.8) is 0 Å². The van der Waals surface area contributed by atoms with Crippen LogP contribution < -0.4 is 9.80 Å². The Morgan fingerprint density at radius 3 is 0.775 bits per heavy atom. The Labute approximate surface area is 418 Å². The highest BCUT2D eigenvalue weighted by Crippen LogP contribution is 2.50. The molecule has 0 saturated heterocycles. The van der Waals surface area contributed by atoms with E-state index in [0.717, 1.165) is 45.3 Å². The molecule has 71 heavy (non-hydrogen) atoms. The van der Waals surface area contributed by atoms with E-state index in [-0.39, 0.29) is 5.41 Å². The van der Waals surface area contributed by atoms with Gasteiger partial charge in [-0.25, -0.2) is 0 Å². The van der Waals surface area contributed by atoms with E-state index < -0.39 is 0 Å². The summed E-state index contributed by atoms with van der Waals surface area (Å²) in [6, 6.07) is 101. The Morgan fingerprint density at radius 2 is 0.451 bits per heavy atom. The van der Waals surface area contributed by atoms with Gasteiger partial charge in [0.25, 0.3) is 0 Å². The van der Waals surface area contributed by atoms with Crippen LogP contribution in [0.4, 0.5) is 34.1 Å². The van der Waals surface area contributed by atoms with Gasteiger partial charge in [0, 0.05) is 39.5 Å². The molecule has 0 bridgehead atoms. The van der Waals surface area contributed by atoms with Gasteiger partial charge in [-0.15, -0.1) is 0 Å². The lowest BCUT2D eigenvalue weighted by molar-refractivity contribution is 0.660. The van der Waals surface area contributed by atoms with Crippen molar-refractivity contribution in [2.24, 2.45) is 0 Å². The van der Waals surface area contributed by atoms with Crippen molar-refractivity contribution in [1.29, 1.82) is 0 Å². The molecule has 0 atom stereocenters. The second-order valence-corrected chi connectivity index (χ2v) is 19.0. The van der Waals surface area contributed by atoms with E-state index in [1.807, 2.05) is 0 Å². The maximum Gasteiger partial charge on any atom is 0.0462 e. The van der Waals surface area contributed by atoms with Gasteiger partial charge < -0.3 is 9.80 Å². The lowest BCUT2D eigenvalue weighted by Gasteiger charge is -2.27. The molecule has 1 aliphatic carbocycles. The van der Waals surface area contributed by atoms with Gasteiger partial charge in [0.05, 0.1) is 0 Å². The summed E-state index contributed by atoms with van der Waals surface area (Å²) in [7, 11) is 0. The molecule has 11 aromatic carbocycles. The lowest BCUT2D eigenvalue weighted by Crippen LogP contribution is -2.14. The molecule has 0 N–H and O–H groups in total. The Kier molecular flexibility index (Phi) is 11.3. The average molecular weight is 909 g/mol. The topological polar surface area (TPSA) is 6.48 Å². The zero-order valence-corrected chi connectivity index (χ0v) is 40.0. The van der Waals surface area contributed by atoms with Crippen molar-refractivity contribution in [1.82, 2.24) is 0 Å². The van der Waals surface area contributed by atoms with Crippen molar-refractivity contribution in [2.45, 2.75) is 19.3 Å². The predicted octanol–water partition coefficient (Wildman–Crippen LogP) is 19.3. The summed E-state index contributed by atoms with van der Waals surface area (Å²) in [5, 5.41) is 0. The third-order valence-corrected chi connectivity index (χ3v) is 14.3. The smallest absolute Gasteiger partial charge is 0.0462 e. The summed E-state index contributed by atoms with van der Waals surface area (Å²) >= 11 is 0. The first-order chi connectivity index (χ1) is 34.9. The van der Waals surface area contributed by atoms with Crippen LogP contribution in [0.3, 0.4) is 0 Å². The summed E-state index contributed by atoms with van der Waals surface area (Å²) in [4.78, 5) is 4.70. The number of nitrogens with zero attached hydrogens (tertiary/aromatic N) is 2. The van der Waals surface area contributed by atoms with Crippen LogP contribution in [-0.2, 0) is 5.41 Å². The molecule has 2 nitrogen and oxygen atoms in total. The van der Waals surface area contributed by atoms with E-state index in [9.17, 15) is 0 Å². The van der Waals surface area contributed by atoms with Crippen LogP contribution in [0.2, 0.25) is 0 Å². The van der Waals surface area contributed by atoms with Crippen LogP contribution in [0.1, 0.15) is 25.0 Å². The van der Waals surface area contributed by atoms with Crippen molar-refractivity contribution in [2.75, 3.05) is 9.80 Å². The van der Waals surface area contributed by atoms with Crippen LogP contribution in [0.25, 0.3) is 66.8 Å². The quantitative estimate of drug-likeness (QED) is 0.128. The van der Waals surface area contributed by atoms with E-state index in [4.69, 9.17) is 0 Å². The molecule has 0 aromatic heterocycles. The Balaban J connectivity index is 0.857. The lowest BCUT2D eigenvalue weighted by atomic mass is 9.82. The molecule has 338 valence electrons. The number of hydrogen-bond donors (Lipinski definition) is 0. The molecule has 0 saturated carbocycles. The maximum atomic E-state index is 2.38. The SMILES string of the molecule is CC1(C)c2ccccc2-c2cc(-c3ccc(N(c4ccc(-c5ccccc5)cc4)c4ccc(-c5ccc(N(c6ccc(-c7ccccc7)cc6)c6ccc(-c7ccccc7)cc6)cc5)cc4)cc3)ccc21. The Bertz CT molecular complexity index is 3500. The van der Waals surface area contributed by atoms with Gasteiger partial charge in [0.15, 0.2) is 0 Å². The fourth-order valence-corrected chi connectivity index (χ4v) is 10.5. The van der Waals surface area contributed by atoms with Crippen LogP contribution in [0, 0.1) is 0 Å². The standard InChI is InChI=1S/C69H52N2/c1-69(2)67-21-13-12-20-65(67)66-48-58(34-47-68(66)69)57-32-45-64(46-33-57)71(61-39-26-54(27-40-61)51-18-10-5-11-19-51)63-43-30-56(31-44-63)55-28-41-62(42-29-55)70(59-35-22-52(23-36-59)49-14-6-3-7-15-49)60-37-24-53(25-38-60)50-16-8-4-9-17-50/h3-48H,1-2H3. The minimum atomic E-state index is -0.0156. The zero-order valence-electron chi connectivity index (χ0n) is 40.0. The minimum Gasteiger partial charge on any atom is -0.311 e. The highest BCUT2D eigenvalue weighted by Gasteiger charge is 2.35. The van der Waals surface area contributed by atoms with Crippen molar-refractivity contribution in [3.05, 3.63) is 290 Å². The third kappa shape index (κ3) is 8.41. The van der Waals surface area contributed by atoms with Crippen LogP contribution >= 0.6 is 0 Å². The number of rotatable bonds is 11. The van der Waals surface area contributed by atoms with Gasteiger partial charge in [0.1, 0.15) is 0 Å². The maximum absolute atomic E-state index is 2.38. The Hall–Kier alpha value is -8.98. The summed E-state index contributed by atoms with van der Waals surface area (Å²) in [5.74, 6) is 0. The molecule has 11 aromatic rings. The van der Waals surface area contributed by atoms with Gasteiger partial charge in [-0.1, -0.05) is 214 Å². The summed E-state index contributed by atoms with van der Waals surface area (Å²) in [6.07, 6.45) is 0. The summed E-state index contributed by atoms with van der Waals surface area (Å²) in [5.41, 5.74) is 23.9. The van der Waals surface area contributed by atoms with Crippen LogP contribution in [0.15, 0.2) is 279 Å². The molecule has 1 aliphatic rings. The van der Waals surface area contributed by atoms with Gasteiger partial charge in [-0.05, 0) is 157 Å². The molecule has 0 radical (unpaired) electrons. The van der Waals surface area contributed by atoms with Crippen LogP contribution in [0.5, 0.6) is 0 Å². The monoisotopic (exact) mass is 908 g/mol. The zero-order chi connectivity index (χ0) is 47.7. The number of fused-ring (bicyclic) bond motifs is 3. The van der Waals surface area contributed by atoms with Gasteiger partial charge in [0.2, 0.25) is 0 Å². The predicted molar refractivity (Wildman–Crippen MR) is 301 cm³/mol. The number of hydrogen-bond acceptors (Lipinski definition) is 2. The van der Waals surface area contributed by atoms with Gasteiger partial charge >= 0.3 is 0 Å². The van der Waals surface area contributed by atoms with Crippen molar-refractivity contribution >= 4 is 34.1 Å². The third-order valence-electron chi connectivity index (χ3n) is 14.3. The van der Waals surface area contributed by atoms with Gasteiger partial charge in [-0.2, -0.15) is 0 Å². The highest BCUT2D eigenvalue weighted by atomic mass is 15.1. The number of benzene rings is 11. The van der Waals surface area contributed by atoms with Crippen LogP contribution in [-0.4, -0.2) is 0 Å². The molecule has 0 unspecified atom stereocenters. The van der Waals surface area contributed by atoms with E-state index in [1.54, 1.807) is 0 Å². The normalized spacial score (nSPS) is 12.2. The van der Waals surface area contributed by atoms with E-state index in [1.165, 1.54) is 66.8 Å². The van der Waals surface area contributed by atoms with E-state index >= 15 is 0 Å². The largest absolute Gasteiger partial charge is 0.311 e. The molecule has 12 rings (SSSR count). The number of anilines is 6. The van der Waals surface area contributed by atoms with E-state index in [2.05, 4.69) is 303 Å². The second-order valence-electron chi connectivity index (χ2n) is 19.0. The first-order valence-electron chi connectivity index (χ1n) is 24.6. The minimum absolute atomic E-state index is 0.0156. The molecule has 0 heterocycles. The first-order valence-corrected chi connectivity index (χ1v) is 24.6. The molecule has 0 aliphatic heterocycles. The molecular formula is C69H52N2. The second kappa shape index (κ2) is 18.5. The average Bonchev–Trinajstić information content (AvgIpc) is 3.68. The molecule has 2 heteroatoms.